The number of carbonyl (C=O) groups excluding carboxylic acids is 1. The van der Waals surface area contributed by atoms with E-state index in [9.17, 15) is 9.90 Å². The second-order valence-electron chi connectivity index (χ2n) is 8.39. The number of hydrogen-bond donors (Lipinski definition) is 3. The Morgan fingerprint density at radius 1 is 1.03 bits per heavy atom. The summed E-state index contributed by atoms with van der Waals surface area (Å²) >= 11 is 0. The molecule has 1 aromatic heterocycles. The van der Waals surface area contributed by atoms with Crippen molar-refractivity contribution >= 4 is 23.2 Å². The SMILES string of the molecule is O=C1Nc2cccc(n2)NCCCCCC2CCN(CC2)c2cc(CCO)ccc21. The maximum absolute atomic E-state index is 13.2. The molecule has 0 atom stereocenters. The Morgan fingerprint density at radius 3 is 2.70 bits per heavy atom. The molecular formula is C24H32N4O2. The van der Waals surface area contributed by atoms with E-state index >= 15 is 0 Å². The first kappa shape index (κ1) is 20.7. The molecule has 1 fully saturated rings. The first-order chi connectivity index (χ1) is 14.7. The van der Waals surface area contributed by atoms with Crippen molar-refractivity contribution in [2.75, 3.05) is 41.8 Å². The Kier molecular flexibility index (Phi) is 6.84. The van der Waals surface area contributed by atoms with Crippen LogP contribution in [0, 0.1) is 5.92 Å². The minimum atomic E-state index is -0.142. The highest BCUT2D eigenvalue weighted by molar-refractivity contribution is 6.08. The van der Waals surface area contributed by atoms with Crippen LogP contribution in [0.4, 0.5) is 17.3 Å². The largest absolute Gasteiger partial charge is 0.396 e. The summed E-state index contributed by atoms with van der Waals surface area (Å²) in [6.45, 7) is 2.96. The molecule has 3 aliphatic heterocycles. The zero-order chi connectivity index (χ0) is 20.8. The summed E-state index contributed by atoms with van der Waals surface area (Å²) in [5.41, 5.74) is 2.69. The molecule has 4 bridgehead atoms. The van der Waals surface area contributed by atoms with Gasteiger partial charge < -0.3 is 20.6 Å². The van der Waals surface area contributed by atoms with E-state index in [1.54, 1.807) is 0 Å². The number of piperidine rings is 1. The van der Waals surface area contributed by atoms with Gasteiger partial charge in [0.15, 0.2) is 0 Å². The van der Waals surface area contributed by atoms with Crippen molar-refractivity contribution in [2.24, 2.45) is 5.92 Å². The normalized spacial score (nSPS) is 18.3. The summed E-state index contributed by atoms with van der Waals surface area (Å²) in [6.07, 6.45) is 7.88. The number of nitrogens with zero attached hydrogens (tertiary/aromatic N) is 2. The quantitative estimate of drug-likeness (QED) is 0.698. The number of aromatic nitrogens is 1. The molecule has 0 saturated carbocycles. The lowest BCUT2D eigenvalue weighted by Crippen LogP contribution is -2.35. The minimum absolute atomic E-state index is 0.108. The van der Waals surface area contributed by atoms with Gasteiger partial charge in [0.1, 0.15) is 11.6 Å². The molecule has 0 unspecified atom stereocenters. The van der Waals surface area contributed by atoms with Crippen LogP contribution >= 0.6 is 0 Å². The topological polar surface area (TPSA) is 77.5 Å². The third kappa shape index (κ3) is 5.11. The molecule has 0 aliphatic carbocycles. The van der Waals surface area contributed by atoms with Crippen molar-refractivity contribution in [1.82, 2.24) is 4.98 Å². The Morgan fingerprint density at radius 2 is 1.87 bits per heavy atom. The van der Waals surface area contributed by atoms with Crippen molar-refractivity contribution < 1.29 is 9.90 Å². The summed E-state index contributed by atoms with van der Waals surface area (Å²) < 4.78 is 0. The van der Waals surface area contributed by atoms with Gasteiger partial charge in [-0.05, 0) is 61.4 Å². The van der Waals surface area contributed by atoms with E-state index in [0.29, 0.717) is 17.8 Å². The second kappa shape index (κ2) is 9.94. The number of benzene rings is 1. The van der Waals surface area contributed by atoms with Crippen LogP contribution in [0.25, 0.3) is 0 Å². The maximum Gasteiger partial charge on any atom is 0.258 e. The molecule has 1 saturated heterocycles. The van der Waals surface area contributed by atoms with Gasteiger partial charge in [-0.15, -0.1) is 0 Å². The molecule has 30 heavy (non-hydrogen) atoms. The highest BCUT2D eigenvalue weighted by Gasteiger charge is 2.23. The summed E-state index contributed by atoms with van der Waals surface area (Å²) in [7, 11) is 0. The number of carbonyl (C=O) groups is 1. The molecule has 160 valence electrons. The van der Waals surface area contributed by atoms with Gasteiger partial charge in [0.25, 0.3) is 5.91 Å². The van der Waals surface area contributed by atoms with Crippen LogP contribution in [0.15, 0.2) is 36.4 Å². The molecule has 1 amide bonds. The number of rotatable bonds is 2. The predicted molar refractivity (Wildman–Crippen MR) is 121 cm³/mol. The van der Waals surface area contributed by atoms with E-state index in [1.807, 2.05) is 30.3 Å². The zero-order valence-electron chi connectivity index (χ0n) is 17.6. The van der Waals surface area contributed by atoms with Crippen LogP contribution in [0.3, 0.4) is 0 Å². The molecule has 0 radical (unpaired) electrons. The highest BCUT2D eigenvalue weighted by Crippen LogP contribution is 2.30. The molecule has 6 nitrogen and oxygen atoms in total. The molecule has 2 aromatic rings. The summed E-state index contributed by atoms with van der Waals surface area (Å²) in [5, 5.41) is 15.7. The smallest absolute Gasteiger partial charge is 0.258 e. The number of hydrogen-bond acceptors (Lipinski definition) is 5. The molecule has 6 heteroatoms. The molecule has 1 aromatic carbocycles. The van der Waals surface area contributed by atoms with Crippen LogP contribution in [-0.4, -0.2) is 42.2 Å². The Labute approximate surface area is 178 Å². The first-order valence-corrected chi connectivity index (χ1v) is 11.2. The number of pyridine rings is 1. The van der Waals surface area contributed by atoms with E-state index in [1.165, 1.54) is 32.1 Å². The Hall–Kier alpha value is -2.60. The van der Waals surface area contributed by atoms with Crippen molar-refractivity contribution in [2.45, 2.75) is 44.9 Å². The zero-order valence-corrected chi connectivity index (χ0v) is 17.6. The van der Waals surface area contributed by atoms with Crippen LogP contribution in [-0.2, 0) is 6.42 Å². The highest BCUT2D eigenvalue weighted by atomic mass is 16.3. The molecule has 4 heterocycles. The van der Waals surface area contributed by atoms with Gasteiger partial charge in [0.2, 0.25) is 0 Å². The lowest BCUT2D eigenvalue weighted by molar-refractivity contribution is 0.102. The van der Waals surface area contributed by atoms with Crippen LogP contribution < -0.4 is 15.5 Å². The van der Waals surface area contributed by atoms with E-state index in [2.05, 4.69) is 26.6 Å². The summed E-state index contributed by atoms with van der Waals surface area (Å²) in [6, 6.07) is 11.6. The van der Waals surface area contributed by atoms with Crippen molar-refractivity contribution in [1.29, 1.82) is 0 Å². The lowest BCUT2D eigenvalue weighted by atomic mass is 9.90. The summed E-state index contributed by atoms with van der Waals surface area (Å²) in [4.78, 5) is 20.0. The number of aliphatic hydroxyl groups is 1. The van der Waals surface area contributed by atoms with E-state index in [0.717, 1.165) is 49.0 Å². The van der Waals surface area contributed by atoms with Gasteiger partial charge >= 0.3 is 0 Å². The van der Waals surface area contributed by atoms with Crippen molar-refractivity contribution in [3.8, 4) is 0 Å². The minimum Gasteiger partial charge on any atom is -0.396 e. The molecule has 5 rings (SSSR count). The second-order valence-corrected chi connectivity index (χ2v) is 8.39. The van der Waals surface area contributed by atoms with Gasteiger partial charge in [-0.1, -0.05) is 31.4 Å². The average Bonchev–Trinajstić information content (AvgIpc) is 2.76. The van der Waals surface area contributed by atoms with Crippen molar-refractivity contribution in [3.05, 3.63) is 47.5 Å². The maximum atomic E-state index is 13.2. The van der Waals surface area contributed by atoms with Crippen LogP contribution in [0.1, 0.15) is 54.4 Å². The third-order valence-electron chi connectivity index (χ3n) is 6.25. The van der Waals surface area contributed by atoms with Crippen LogP contribution in [0.5, 0.6) is 0 Å². The molecular weight excluding hydrogens is 376 g/mol. The van der Waals surface area contributed by atoms with Gasteiger partial charge in [-0.25, -0.2) is 4.98 Å². The summed E-state index contributed by atoms with van der Waals surface area (Å²) in [5.74, 6) is 1.98. The monoisotopic (exact) mass is 408 g/mol. The first-order valence-electron chi connectivity index (χ1n) is 11.2. The van der Waals surface area contributed by atoms with Crippen molar-refractivity contribution in [3.63, 3.8) is 0 Å². The molecule has 3 aliphatic rings. The lowest BCUT2D eigenvalue weighted by Gasteiger charge is -2.35. The molecule has 0 spiro atoms. The number of aliphatic hydroxyl groups excluding tert-OH is 1. The standard InChI is InChI=1S/C24H32N4O2/c29-16-12-19-8-9-20-21(17-19)28-14-10-18(11-15-28)5-2-1-3-13-25-22-6-4-7-23(26-22)27-24(20)30/h4,6-9,17-18,29H,1-3,5,10-16H2,(H2,25,26,27,30). The number of amides is 1. The number of anilines is 3. The Balaban J connectivity index is 1.64. The van der Waals surface area contributed by atoms with E-state index in [-0.39, 0.29) is 12.5 Å². The Bertz CT molecular complexity index is 862. The fourth-order valence-corrected chi connectivity index (χ4v) is 4.52. The van der Waals surface area contributed by atoms with E-state index in [4.69, 9.17) is 0 Å². The van der Waals surface area contributed by atoms with Gasteiger partial charge in [-0.2, -0.15) is 0 Å². The fraction of sp³-hybridized carbons (Fsp3) is 0.500. The number of fused-ring (bicyclic) bond motifs is 8. The van der Waals surface area contributed by atoms with Gasteiger partial charge in [0, 0.05) is 31.9 Å². The van der Waals surface area contributed by atoms with E-state index < -0.39 is 0 Å². The van der Waals surface area contributed by atoms with Crippen LogP contribution in [0.2, 0.25) is 0 Å². The van der Waals surface area contributed by atoms with Gasteiger partial charge in [0.05, 0.1) is 5.56 Å². The molecule has 3 N–H and O–H groups in total. The average molecular weight is 409 g/mol. The van der Waals surface area contributed by atoms with Gasteiger partial charge in [-0.3, -0.25) is 4.79 Å². The third-order valence-corrected chi connectivity index (χ3v) is 6.25. The number of nitrogens with one attached hydrogen (secondary N) is 2. The predicted octanol–water partition coefficient (Wildman–Crippen LogP) is 4.07. The fourth-order valence-electron chi connectivity index (χ4n) is 4.52.